The number of carbonyl (C=O) groups excluding carboxylic acids is 1. The van der Waals surface area contributed by atoms with Gasteiger partial charge in [-0.15, -0.1) is 0 Å². The van der Waals surface area contributed by atoms with Crippen molar-refractivity contribution < 1.29 is 17.9 Å². The standard InChI is InChI=1S/C20H25N3O4S/c1-27-19-8-6-18(7-9-19)21-20(24)17-5-3-4-16(14-17)15-22-10-12-23(13-11-22)28(2,25)26/h3-9,14H,10-13,15H2,1-2H3,(H,21,24). The van der Waals surface area contributed by atoms with Crippen LogP contribution in [-0.2, 0) is 16.6 Å². The monoisotopic (exact) mass is 403 g/mol. The zero-order valence-corrected chi connectivity index (χ0v) is 16.9. The van der Waals surface area contributed by atoms with Gasteiger partial charge in [-0.3, -0.25) is 9.69 Å². The number of anilines is 1. The summed E-state index contributed by atoms with van der Waals surface area (Å²) in [5.74, 6) is 0.560. The number of methoxy groups -OCH3 is 1. The fourth-order valence-corrected chi connectivity index (χ4v) is 3.99. The normalized spacial score (nSPS) is 15.9. The average molecular weight is 404 g/mol. The minimum Gasteiger partial charge on any atom is -0.497 e. The van der Waals surface area contributed by atoms with Crippen molar-refractivity contribution in [3.05, 3.63) is 59.7 Å². The zero-order valence-electron chi connectivity index (χ0n) is 16.1. The second-order valence-corrected chi connectivity index (χ2v) is 8.80. The first kappa shape index (κ1) is 20.3. The molecule has 0 bridgehead atoms. The SMILES string of the molecule is COc1ccc(NC(=O)c2cccc(CN3CCN(S(C)(=O)=O)CC3)c2)cc1. The number of amides is 1. The van der Waals surface area contributed by atoms with Crippen molar-refractivity contribution in [2.24, 2.45) is 0 Å². The van der Waals surface area contributed by atoms with Crippen molar-refractivity contribution >= 4 is 21.6 Å². The minimum absolute atomic E-state index is 0.172. The Morgan fingerprint density at radius 1 is 1.07 bits per heavy atom. The molecule has 2 aromatic carbocycles. The maximum absolute atomic E-state index is 12.5. The van der Waals surface area contributed by atoms with Gasteiger partial charge >= 0.3 is 0 Å². The highest BCUT2D eigenvalue weighted by Crippen LogP contribution is 2.17. The number of ether oxygens (including phenoxy) is 1. The van der Waals surface area contributed by atoms with Gasteiger partial charge in [0.25, 0.3) is 5.91 Å². The molecule has 1 amide bonds. The molecular formula is C20H25N3O4S. The Morgan fingerprint density at radius 2 is 1.75 bits per heavy atom. The van der Waals surface area contributed by atoms with Gasteiger partial charge in [0.1, 0.15) is 5.75 Å². The Morgan fingerprint density at radius 3 is 2.36 bits per heavy atom. The van der Waals surface area contributed by atoms with Crippen LogP contribution in [0, 0.1) is 0 Å². The van der Waals surface area contributed by atoms with Crippen LogP contribution in [0.1, 0.15) is 15.9 Å². The molecule has 3 rings (SSSR count). The highest BCUT2D eigenvalue weighted by molar-refractivity contribution is 7.88. The summed E-state index contributed by atoms with van der Waals surface area (Å²) in [6.07, 6.45) is 1.24. The molecule has 0 spiro atoms. The van der Waals surface area contributed by atoms with Crippen molar-refractivity contribution in [2.45, 2.75) is 6.54 Å². The second-order valence-electron chi connectivity index (χ2n) is 6.82. The van der Waals surface area contributed by atoms with Crippen LogP contribution in [0.2, 0.25) is 0 Å². The van der Waals surface area contributed by atoms with Gasteiger partial charge in [-0.05, 0) is 42.0 Å². The van der Waals surface area contributed by atoms with Gasteiger partial charge in [0, 0.05) is 44.0 Å². The first-order valence-electron chi connectivity index (χ1n) is 9.07. The molecule has 0 aromatic heterocycles. The van der Waals surface area contributed by atoms with E-state index in [1.54, 1.807) is 37.4 Å². The maximum Gasteiger partial charge on any atom is 0.255 e. The van der Waals surface area contributed by atoms with Crippen molar-refractivity contribution in [1.82, 2.24) is 9.21 Å². The third kappa shape index (κ3) is 5.31. The van der Waals surface area contributed by atoms with E-state index in [9.17, 15) is 13.2 Å². The Kier molecular flexibility index (Phi) is 6.33. The molecule has 1 N–H and O–H groups in total. The molecule has 0 unspecified atom stereocenters. The Labute approximate surface area is 166 Å². The lowest BCUT2D eigenvalue weighted by atomic mass is 10.1. The van der Waals surface area contributed by atoms with Crippen LogP contribution in [0.3, 0.4) is 0 Å². The molecule has 28 heavy (non-hydrogen) atoms. The third-order valence-electron chi connectivity index (χ3n) is 4.74. The average Bonchev–Trinajstić information content (AvgIpc) is 2.68. The number of benzene rings is 2. The van der Waals surface area contributed by atoms with Crippen LogP contribution in [0.4, 0.5) is 5.69 Å². The molecule has 8 heteroatoms. The summed E-state index contributed by atoms with van der Waals surface area (Å²) in [6.45, 7) is 3.03. The van der Waals surface area contributed by atoms with Gasteiger partial charge in [-0.2, -0.15) is 4.31 Å². The number of nitrogens with one attached hydrogen (secondary N) is 1. The number of rotatable bonds is 6. The van der Waals surface area contributed by atoms with E-state index in [4.69, 9.17) is 4.74 Å². The molecule has 2 aromatic rings. The van der Waals surface area contributed by atoms with Gasteiger partial charge in [-0.1, -0.05) is 12.1 Å². The molecule has 150 valence electrons. The number of sulfonamides is 1. The number of hydrogen-bond acceptors (Lipinski definition) is 5. The fourth-order valence-electron chi connectivity index (χ4n) is 3.17. The van der Waals surface area contributed by atoms with E-state index in [1.807, 2.05) is 18.2 Å². The first-order valence-corrected chi connectivity index (χ1v) is 10.9. The van der Waals surface area contributed by atoms with Gasteiger partial charge in [-0.25, -0.2) is 8.42 Å². The van der Waals surface area contributed by atoms with E-state index >= 15 is 0 Å². The summed E-state index contributed by atoms with van der Waals surface area (Å²) >= 11 is 0. The van der Waals surface area contributed by atoms with Crippen molar-refractivity contribution in [3.8, 4) is 5.75 Å². The van der Waals surface area contributed by atoms with Crippen LogP contribution >= 0.6 is 0 Å². The summed E-state index contributed by atoms with van der Waals surface area (Å²) in [6, 6.07) is 14.7. The molecule has 1 aliphatic rings. The number of carbonyl (C=O) groups is 1. The smallest absolute Gasteiger partial charge is 0.255 e. The number of nitrogens with zero attached hydrogens (tertiary/aromatic N) is 2. The molecule has 1 aliphatic heterocycles. The Bertz CT molecular complexity index is 921. The van der Waals surface area contributed by atoms with Crippen LogP contribution in [-0.4, -0.2) is 63.1 Å². The largest absolute Gasteiger partial charge is 0.497 e. The first-order chi connectivity index (χ1) is 13.3. The lowest BCUT2D eigenvalue weighted by Crippen LogP contribution is -2.47. The number of piperazine rings is 1. The van der Waals surface area contributed by atoms with Crippen molar-refractivity contribution in [2.75, 3.05) is 44.9 Å². The van der Waals surface area contributed by atoms with Gasteiger partial charge < -0.3 is 10.1 Å². The Hall–Kier alpha value is -2.42. The summed E-state index contributed by atoms with van der Waals surface area (Å²) < 4.78 is 29.8. The molecule has 1 fully saturated rings. The quantitative estimate of drug-likeness (QED) is 0.798. The minimum atomic E-state index is -3.13. The molecule has 0 saturated carbocycles. The van der Waals surface area contributed by atoms with E-state index in [-0.39, 0.29) is 5.91 Å². The highest BCUT2D eigenvalue weighted by Gasteiger charge is 2.23. The summed E-state index contributed by atoms with van der Waals surface area (Å²) in [5, 5.41) is 2.88. The zero-order chi connectivity index (χ0) is 20.1. The molecule has 1 saturated heterocycles. The predicted molar refractivity (Wildman–Crippen MR) is 109 cm³/mol. The van der Waals surface area contributed by atoms with Crippen LogP contribution < -0.4 is 10.1 Å². The van der Waals surface area contributed by atoms with E-state index in [1.165, 1.54) is 10.6 Å². The van der Waals surface area contributed by atoms with Gasteiger partial charge in [0.2, 0.25) is 10.0 Å². The van der Waals surface area contributed by atoms with Crippen molar-refractivity contribution in [1.29, 1.82) is 0 Å². The van der Waals surface area contributed by atoms with Crippen LogP contribution in [0.15, 0.2) is 48.5 Å². The van der Waals surface area contributed by atoms with Crippen LogP contribution in [0.5, 0.6) is 5.75 Å². The topological polar surface area (TPSA) is 79.0 Å². The lowest BCUT2D eigenvalue weighted by molar-refractivity contribution is 0.102. The molecule has 0 radical (unpaired) electrons. The predicted octanol–water partition coefficient (Wildman–Crippen LogP) is 2.02. The van der Waals surface area contributed by atoms with E-state index in [2.05, 4.69) is 10.2 Å². The molecule has 0 aliphatic carbocycles. The van der Waals surface area contributed by atoms with Gasteiger partial charge in [0.15, 0.2) is 0 Å². The Balaban J connectivity index is 1.60. The second kappa shape index (κ2) is 8.72. The lowest BCUT2D eigenvalue weighted by Gasteiger charge is -2.33. The molecule has 7 nitrogen and oxygen atoms in total. The number of hydrogen-bond donors (Lipinski definition) is 1. The van der Waals surface area contributed by atoms with E-state index < -0.39 is 10.0 Å². The molecule has 1 heterocycles. The van der Waals surface area contributed by atoms with Crippen molar-refractivity contribution in [3.63, 3.8) is 0 Å². The highest BCUT2D eigenvalue weighted by atomic mass is 32.2. The fraction of sp³-hybridized carbons (Fsp3) is 0.350. The van der Waals surface area contributed by atoms with Gasteiger partial charge in [0.05, 0.1) is 13.4 Å². The van der Waals surface area contributed by atoms with E-state index in [0.29, 0.717) is 44.0 Å². The summed E-state index contributed by atoms with van der Waals surface area (Å²) in [4.78, 5) is 14.7. The van der Waals surface area contributed by atoms with E-state index in [0.717, 1.165) is 11.3 Å². The molecule has 0 atom stereocenters. The summed E-state index contributed by atoms with van der Waals surface area (Å²) in [7, 11) is -1.53. The summed E-state index contributed by atoms with van der Waals surface area (Å²) in [5.41, 5.74) is 2.31. The maximum atomic E-state index is 12.5. The van der Waals surface area contributed by atoms with Crippen LogP contribution in [0.25, 0.3) is 0 Å². The third-order valence-corrected chi connectivity index (χ3v) is 6.05. The molecular weight excluding hydrogens is 378 g/mol.